The summed E-state index contributed by atoms with van der Waals surface area (Å²) in [6.07, 6.45) is 3.66. The molecule has 0 spiro atoms. The zero-order valence-electron chi connectivity index (χ0n) is 15.4. The fourth-order valence-corrected chi connectivity index (χ4v) is 3.60. The van der Waals surface area contributed by atoms with Crippen molar-refractivity contribution in [1.29, 1.82) is 0 Å². The topological polar surface area (TPSA) is 67.3 Å². The molecule has 0 amide bonds. The third-order valence-corrected chi connectivity index (χ3v) is 4.97. The van der Waals surface area contributed by atoms with E-state index in [0.29, 0.717) is 12.5 Å². The van der Waals surface area contributed by atoms with Gasteiger partial charge in [0.05, 0.1) is 17.8 Å². The Kier molecular flexibility index (Phi) is 5.07. The van der Waals surface area contributed by atoms with Gasteiger partial charge in [-0.1, -0.05) is 0 Å². The Hall–Kier alpha value is -2.48. The predicted molar refractivity (Wildman–Crippen MR) is 110 cm³/mol. The molecule has 1 aliphatic rings. The second kappa shape index (κ2) is 7.64. The van der Waals surface area contributed by atoms with Crippen molar-refractivity contribution in [2.75, 3.05) is 42.6 Å². The summed E-state index contributed by atoms with van der Waals surface area (Å²) >= 11 is 3.46. The Morgan fingerprint density at radius 3 is 2.63 bits per heavy atom. The molecule has 8 heteroatoms. The minimum Gasteiger partial charge on any atom is -0.478 e. The Bertz CT molecular complexity index is 958. The van der Waals surface area contributed by atoms with Crippen molar-refractivity contribution in [3.8, 4) is 5.88 Å². The summed E-state index contributed by atoms with van der Waals surface area (Å²) in [7, 11) is 0. The lowest BCUT2D eigenvalue weighted by atomic mass is 10.2. The van der Waals surface area contributed by atoms with Gasteiger partial charge in [0.2, 0.25) is 11.8 Å². The molecule has 27 heavy (non-hydrogen) atoms. The van der Waals surface area contributed by atoms with Crippen LogP contribution in [0.25, 0.3) is 11.0 Å². The molecule has 0 saturated carbocycles. The summed E-state index contributed by atoms with van der Waals surface area (Å²) in [6, 6.07) is 5.91. The van der Waals surface area contributed by atoms with Crippen LogP contribution in [0.5, 0.6) is 5.88 Å². The van der Waals surface area contributed by atoms with Crippen LogP contribution in [-0.2, 0) is 0 Å². The first kappa shape index (κ1) is 17.9. The maximum Gasteiger partial charge on any atom is 0.228 e. The molecule has 1 fully saturated rings. The van der Waals surface area contributed by atoms with Crippen LogP contribution in [0.2, 0.25) is 0 Å². The van der Waals surface area contributed by atoms with E-state index >= 15 is 0 Å². The Labute approximate surface area is 166 Å². The van der Waals surface area contributed by atoms with Gasteiger partial charge in [-0.3, -0.25) is 9.97 Å². The van der Waals surface area contributed by atoms with E-state index in [1.807, 2.05) is 44.4 Å². The standard InChI is InChI=1S/C19H21BrN6O/c1-3-27-17-10-13(2)23-19(24-17)26-8-6-25(7-9-26)16-4-5-21-15-11-14(20)12-22-18(15)16/h4-5,10-12H,3,6-9H2,1-2H3. The quantitative estimate of drug-likeness (QED) is 0.631. The third-order valence-electron chi connectivity index (χ3n) is 4.54. The fraction of sp³-hybridized carbons (Fsp3) is 0.368. The van der Waals surface area contributed by atoms with Crippen molar-refractivity contribution in [2.45, 2.75) is 13.8 Å². The number of piperazine rings is 1. The van der Waals surface area contributed by atoms with Crippen molar-refractivity contribution < 1.29 is 4.74 Å². The molecule has 4 heterocycles. The number of anilines is 2. The van der Waals surface area contributed by atoms with Gasteiger partial charge in [-0.25, -0.2) is 4.98 Å². The Morgan fingerprint density at radius 1 is 1.07 bits per heavy atom. The number of halogens is 1. The molecule has 0 aliphatic carbocycles. The molecule has 3 aromatic heterocycles. The average molecular weight is 429 g/mol. The molecule has 0 radical (unpaired) electrons. The SMILES string of the molecule is CCOc1cc(C)nc(N2CCN(c3ccnc4cc(Br)cnc34)CC2)n1. The highest BCUT2D eigenvalue weighted by molar-refractivity contribution is 9.10. The van der Waals surface area contributed by atoms with Crippen LogP contribution in [0.4, 0.5) is 11.6 Å². The molecule has 0 bridgehead atoms. The van der Waals surface area contributed by atoms with Gasteiger partial charge in [0.1, 0.15) is 5.52 Å². The fourth-order valence-electron chi connectivity index (χ4n) is 3.28. The molecule has 0 N–H and O–H groups in total. The van der Waals surface area contributed by atoms with Crippen molar-refractivity contribution in [3.05, 3.63) is 40.8 Å². The van der Waals surface area contributed by atoms with Crippen LogP contribution in [0.15, 0.2) is 35.1 Å². The molecule has 0 atom stereocenters. The molecular weight excluding hydrogens is 408 g/mol. The number of ether oxygens (including phenoxy) is 1. The molecule has 3 aromatic rings. The minimum absolute atomic E-state index is 0.599. The van der Waals surface area contributed by atoms with Crippen LogP contribution in [0, 0.1) is 6.92 Å². The molecule has 1 saturated heterocycles. The molecule has 140 valence electrons. The number of aryl methyl sites for hydroxylation is 1. The van der Waals surface area contributed by atoms with Gasteiger partial charge in [-0.2, -0.15) is 4.98 Å². The first-order valence-corrected chi connectivity index (χ1v) is 9.82. The predicted octanol–water partition coefficient (Wildman–Crippen LogP) is 3.22. The van der Waals surface area contributed by atoms with E-state index in [-0.39, 0.29) is 0 Å². The van der Waals surface area contributed by atoms with Gasteiger partial charge in [0, 0.05) is 54.8 Å². The number of pyridine rings is 2. The maximum absolute atomic E-state index is 5.56. The van der Waals surface area contributed by atoms with Gasteiger partial charge in [0.25, 0.3) is 0 Å². The summed E-state index contributed by atoms with van der Waals surface area (Å²) in [4.78, 5) is 22.7. The first-order valence-electron chi connectivity index (χ1n) is 9.02. The number of aromatic nitrogens is 4. The van der Waals surface area contributed by atoms with E-state index in [9.17, 15) is 0 Å². The minimum atomic E-state index is 0.599. The van der Waals surface area contributed by atoms with E-state index in [1.165, 1.54) is 0 Å². The zero-order chi connectivity index (χ0) is 18.8. The van der Waals surface area contributed by atoms with Gasteiger partial charge in [0.15, 0.2) is 0 Å². The van der Waals surface area contributed by atoms with E-state index in [2.05, 4.69) is 45.7 Å². The highest BCUT2D eigenvalue weighted by Gasteiger charge is 2.22. The largest absolute Gasteiger partial charge is 0.478 e. The third kappa shape index (κ3) is 3.80. The van der Waals surface area contributed by atoms with E-state index in [1.54, 1.807) is 0 Å². The van der Waals surface area contributed by atoms with E-state index in [4.69, 9.17) is 4.74 Å². The smallest absolute Gasteiger partial charge is 0.228 e. The molecule has 7 nitrogen and oxygen atoms in total. The van der Waals surface area contributed by atoms with Crippen molar-refractivity contribution in [3.63, 3.8) is 0 Å². The number of nitrogens with zero attached hydrogens (tertiary/aromatic N) is 6. The summed E-state index contributed by atoms with van der Waals surface area (Å²) in [5.74, 6) is 1.37. The lowest BCUT2D eigenvalue weighted by molar-refractivity contribution is 0.325. The Morgan fingerprint density at radius 2 is 1.85 bits per heavy atom. The van der Waals surface area contributed by atoms with Crippen LogP contribution >= 0.6 is 15.9 Å². The van der Waals surface area contributed by atoms with Crippen LogP contribution < -0.4 is 14.5 Å². The Balaban J connectivity index is 1.53. The highest BCUT2D eigenvalue weighted by atomic mass is 79.9. The normalized spacial score (nSPS) is 14.6. The maximum atomic E-state index is 5.56. The van der Waals surface area contributed by atoms with Crippen molar-refractivity contribution >= 4 is 38.6 Å². The number of rotatable bonds is 4. The second-order valence-electron chi connectivity index (χ2n) is 6.41. The van der Waals surface area contributed by atoms with E-state index in [0.717, 1.165) is 59.0 Å². The summed E-state index contributed by atoms with van der Waals surface area (Å²) in [5, 5.41) is 0. The molecule has 4 rings (SSSR count). The highest BCUT2D eigenvalue weighted by Crippen LogP contribution is 2.27. The monoisotopic (exact) mass is 428 g/mol. The van der Waals surface area contributed by atoms with Crippen LogP contribution in [-0.4, -0.2) is 52.7 Å². The lowest BCUT2D eigenvalue weighted by Gasteiger charge is -2.36. The van der Waals surface area contributed by atoms with Crippen LogP contribution in [0.1, 0.15) is 12.6 Å². The van der Waals surface area contributed by atoms with E-state index < -0.39 is 0 Å². The molecule has 1 aliphatic heterocycles. The number of fused-ring (bicyclic) bond motifs is 1. The first-order chi connectivity index (χ1) is 13.1. The summed E-state index contributed by atoms with van der Waals surface area (Å²) in [6.45, 7) is 7.96. The zero-order valence-corrected chi connectivity index (χ0v) is 17.0. The van der Waals surface area contributed by atoms with Gasteiger partial charge in [-0.05, 0) is 41.9 Å². The number of hydrogen-bond acceptors (Lipinski definition) is 7. The van der Waals surface area contributed by atoms with Crippen molar-refractivity contribution in [2.24, 2.45) is 0 Å². The molecular formula is C19H21BrN6O. The average Bonchev–Trinajstić information content (AvgIpc) is 2.67. The molecule has 0 unspecified atom stereocenters. The van der Waals surface area contributed by atoms with Gasteiger partial charge >= 0.3 is 0 Å². The molecule has 0 aromatic carbocycles. The van der Waals surface area contributed by atoms with Gasteiger partial charge in [-0.15, -0.1) is 0 Å². The second-order valence-corrected chi connectivity index (χ2v) is 7.32. The number of hydrogen-bond donors (Lipinski definition) is 0. The summed E-state index contributed by atoms with van der Waals surface area (Å²) in [5.41, 5.74) is 3.86. The van der Waals surface area contributed by atoms with Gasteiger partial charge < -0.3 is 14.5 Å². The van der Waals surface area contributed by atoms with Crippen molar-refractivity contribution in [1.82, 2.24) is 19.9 Å². The lowest BCUT2D eigenvalue weighted by Crippen LogP contribution is -2.47. The summed E-state index contributed by atoms with van der Waals surface area (Å²) < 4.78 is 6.50. The van der Waals surface area contributed by atoms with Crippen LogP contribution in [0.3, 0.4) is 0 Å².